The first-order valence-electron chi connectivity index (χ1n) is 9.71. The molecule has 0 saturated carbocycles. The molecule has 2 aromatic heterocycles. The van der Waals surface area contributed by atoms with E-state index in [0.717, 1.165) is 17.5 Å². The highest BCUT2D eigenvalue weighted by Crippen LogP contribution is 2.18. The predicted molar refractivity (Wildman–Crippen MR) is 111 cm³/mol. The van der Waals surface area contributed by atoms with Crippen molar-refractivity contribution in [2.75, 3.05) is 18.4 Å². The van der Waals surface area contributed by atoms with Crippen LogP contribution in [0.15, 0.2) is 45.4 Å². The number of nitrogens with zero attached hydrogens (tertiary/aromatic N) is 3. The number of nitrogens with one attached hydrogen (secondary N) is 2. The van der Waals surface area contributed by atoms with E-state index in [1.165, 1.54) is 6.26 Å². The third-order valence-electron chi connectivity index (χ3n) is 4.35. The standard InChI is InChI=1S/C21H25N5O4/c1-4-9-26(13-19-24-25-20(30-19)17-6-5-10-29-17)12-18(27)23-21(28)22-16-8-7-14(2)11-15(16)3/h5-8,10-11H,4,9,12-13H2,1-3H3,(H2,22,23,27,28). The summed E-state index contributed by atoms with van der Waals surface area (Å²) < 4.78 is 10.8. The second-order valence-corrected chi connectivity index (χ2v) is 7.01. The number of carbonyl (C=O) groups excluding carboxylic acids is 2. The summed E-state index contributed by atoms with van der Waals surface area (Å²) in [6.45, 7) is 6.81. The van der Waals surface area contributed by atoms with Gasteiger partial charge in [-0.15, -0.1) is 10.2 Å². The maximum Gasteiger partial charge on any atom is 0.325 e. The molecule has 0 aliphatic carbocycles. The second kappa shape index (κ2) is 9.84. The molecule has 3 rings (SSSR count). The molecule has 0 atom stereocenters. The lowest BCUT2D eigenvalue weighted by Gasteiger charge is -2.19. The van der Waals surface area contributed by atoms with Crippen LogP contribution >= 0.6 is 0 Å². The molecule has 0 aliphatic heterocycles. The maximum atomic E-state index is 12.4. The van der Waals surface area contributed by atoms with Crippen LogP contribution in [0.3, 0.4) is 0 Å². The molecular formula is C21H25N5O4. The lowest BCUT2D eigenvalue weighted by molar-refractivity contribution is -0.121. The maximum absolute atomic E-state index is 12.4. The molecule has 9 heteroatoms. The molecular weight excluding hydrogens is 386 g/mol. The van der Waals surface area contributed by atoms with Crippen LogP contribution in [0.4, 0.5) is 10.5 Å². The Hall–Kier alpha value is -3.46. The molecule has 0 unspecified atom stereocenters. The molecule has 30 heavy (non-hydrogen) atoms. The van der Waals surface area contributed by atoms with E-state index in [4.69, 9.17) is 8.83 Å². The van der Waals surface area contributed by atoms with Crippen molar-refractivity contribution in [3.8, 4) is 11.7 Å². The van der Waals surface area contributed by atoms with Gasteiger partial charge in [0.15, 0.2) is 5.76 Å². The average molecular weight is 411 g/mol. The fourth-order valence-corrected chi connectivity index (χ4v) is 3.02. The molecule has 158 valence electrons. The molecule has 0 radical (unpaired) electrons. The van der Waals surface area contributed by atoms with Crippen molar-refractivity contribution in [3.63, 3.8) is 0 Å². The Bertz CT molecular complexity index is 997. The van der Waals surface area contributed by atoms with Crippen LogP contribution in [-0.4, -0.2) is 40.1 Å². The topological polar surface area (TPSA) is 114 Å². The largest absolute Gasteiger partial charge is 0.459 e. The van der Waals surface area contributed by atoms with Crippen molar-refractivity contribution in [2.24, 2.45) is 0 Å². The minimum atomic E-state index is -0.568. The fraction of sp³-hybridized carbons (Fsp3) is 0.333. The van der Waals surface area contributed by atoms with Crippen molar-refractivity contribution in [3.05, 3.63) is 53.6 Å². The number of aromatic nitrogens is 2. The lowest BCUT2D eigenvalue weighted by Crippen LogP contribution is -2.42. The summed E-state index contributed by atoms with van der Waals surface area (Å²) in [5, 5.41) is 13.0. The molecule has 2 heterocycles. The van der Waals surface area contributed by atoms with Gasteiger partial charge >= 0.3 is 6.03 Å². The Balaban J connectivity index is 1.55. The molecule has 0 fully saturated rings. The van der Waals surface area contributed by atoms with Gasteiger partial charge in [-0.25, -0.2) is 4.79 Å². The number of furan rings is 1. The van der Waals surface area contributed by atoms with Crippen LogP contribution in [0.25, 0.3) is 11.7 Å². The molecule has 3 aromatic rings. The number of urea groups is 1. The van der Waals surface area contributed by atoms with Gasteiger partial charge in [0.05, 0.1) is 19.4 Å². The summed E-state index contributed by atoms with van der Waals surface area (Å²) in [6, 6.07) is 8.56. The molecule has 0 spiro atoms. The van der Waals surface area contributed by atoms with Gasteiger partial charge in [-0.3, -0.25) is 15.0 Å². The van der Waals surface area contributed by atoms with E-state index in [-0.39, 0.29) is 19.0 Å². The van der Waals surface area contributed by atoms with Crippen molar-refractivity contribution in [1.82, 2.24) is 20.4 Å². The Labute approximate surface area is 174 Å². The quantitative estimate of drug-likeness (QED) is 0.583. The number of imide groups is 1. The highest BCUT2D eigenvalue weighted by molar-refractivity contribution is 6.02. The molecule has 0 aliphatic rings. The van der Waals surface area contributed by atoms with E-state index in [0.29, 0.717) is 23.9 Å². The predicted octanol–water partition coefficient (Wildman–Crippen LogP) is 3.51. The summed E-state index contributed by atoms with van der Waals surface area (Å²) in [7, 11) is 0. The van der Waals surface area contributed by atoms with Gasteiger partial charge in [-0.05, 0) is 50.6 Å². The smallest absolute Gasteiger partial charge is 0.325 e. The van der Waals surface area contributed by atoms with Gasteiger partial charge in [0, 0.05) is 5.69 Å². The summed E-state index contributed by atoms with van der Waals surface area (Å²) in [5.41, 5.74) is 2.68. The molecule has 0 bridgehead atoms. The minimum absolute atomic E-state index is 0.0204. The number of aryl methyl sites for hydroxylation is 2. The molecule has 2 N–H and O–H groups in total. The van der Waals surface area contributed by atoms with Gasteiger partial charge < -0.3 is 14.2 Å². The first-order chi connectivity index (χ1) is 14.4. The van der Waals surface area contributed by atoms with E-state index in [2.05, 4.69) is 20.8 Å². The average Bonchev–Trinajstić information content (AvgIpc) is 3.35. The normalized spacial score (nSPS) is 10.9. The monoisotopic (exact) mass is 411 g/mol. The Morgan fingerprint density at radius 2 is 2.00 bits per heavy atom. The third kappa shape index (κ3) is 5.77. The van der Waals surface area contributed by atoms with Crippen LogP contribution in [0.5, 0.6) is 0 Å². The van der Waals surface area contributed by atoms with E-state index in [9.17, 15) is 9.59 Å². The number of hydrogen-bond acceptors (Lipinski definition) is 7. The highest BCUT2D eigenvalue weighted by atomic mass is 16.4. The van der Waals surface area contributed by atoms with Gasteiger partial charge in [-0.1, -0.05) is 24.6 Å². The summed E-state index contributed by atoms with van der Waals surface area (Å²) in [5.74, 6) is 0.708. The van der Waals surface area contributed by atoms with Crippen molar-refractivity contribution in [1.29, 1.82) is 0 Å². The zero-order valence-electron chi connectivity index (χ0n) is 17.3. The number of rotatable bonds is 8. The summed E-state index contributed by atoms with van der Waals surface area (Å²) in [6.07, 6.45) is 2.34. The van der Waals surface area contributed by atoms with Crippen molar-refractivity contribution in [2.45, 2.75) is 33.7 Å². The Morgan fingerprint density at radius 1 is 1.17 bits per heavy atom. The number of hydrogen-bond donors (Lipinski definition) is 2. The molecule has 3 amide bonds. The Kier molecular flexibility index (Phi) is 6.97. The molecule has 1 aromatic carbocycles. The van der Waals surface area contributed by atoms with Gasteiger partial charge in [0.2, 0.25) is 11.8 Å². The van der Waals surface area contributed by atoms with Gasteiger partial charge in [0.25, 0.3) is 5.89 Å². The van der Waals surface area contributed by atoms with Gasteiger partial charge in [-0.2, -0.15) is 0 Å². The van der Waals surface area contributed by atoms with Crippen LogP contribution in [0.1, 0.15) is 30.4 Å². The number of benzene rings is 1. The van der Waals surface area contributed by atoms with E-state index < -0.39 is 11.9 Å². The number of carbonyl (C=O) groups is 2. The number of anilines is 1. The van der Waals surface area contributed by atoms with Crippen LogP contribution in [0.2, 0.25) is 0 Å². The first kappa shape index (κ1) is 21.3. The minimum Gasteiger partial charge on any atom is -0.459 e. The first-order valence-corrected chi connectivity index (χ1v) is 9.71. The van der Waals surface area contributed by atoms with Crippen molar-refractivity contribution < 1.29 is 18.4 Å². The Morgan fingerprint density at radius 3 is 2.70 bits per heavy atom. The van der Waals surface area contributed by atoms with Crippen LogP contribution in [-0.2, 0) is 11.3 Å². The van der Waals surface area contributed by atoms with E-state index >= 15 is 0 Å². The summed E-state index contributed by atoms with van der Waals surface area (Å²) in [4.78, 5) is 26.4. The van der Waals surface area contributed by atoms with E-state index in [1.807, 2.05) is 43.9 Å². The van der Waals surface area contributed by atoms with E-state index in [1.54, 1.807) is 12.1 Å². The van der Waals surface area contributed by atoms with Crippen molar-refractivity contribution >= 4 is 17.6 Å². The zero-order valence-corrected chi connectivity index (χ0v) is 17.3. The second-order valence-electron chi connectivity index (χ2n) is 7.01. The van der Waals surface area contributed by atoms with Gasteiger partial charge in [0.1, 0.15) is 0 Å². The van der Waals surface area contributed by atoms with Crippen LogP contribution < -0.4 is 10.6 Å². The zero-order chi connectivity index (χ0) is 21.5. The SMILES string of the molecule is CCCN(CC(=O)NC(=O)Nc1ccc(C)cc1C)Cc1nnc(-c2ccco2)o1. The molecule has 0 saturated heterocycles. The number of amides is 3. The lowest BCUT2D eigenvalue weighted by atomic mass is 10.1. The third-order valence-corrected chi connectivity index (χ3v) is 4.35. The fourth-order valence-electron chi connectivity index (χ4n) is 3.02. The molecule has 9 nitrogen and oxygen atoms in total. The summed E-state index contributed by atoms with van der Waals surface area (Å²) >= 11 is 0. The van der Waals surface area contributed by atoms with Crippen LogP contribution in [0, 0.1) is 13.8 Å². The highest BCUT2D eigenvalue weighted by Gasteiger charge is 2.18.